The van der Waals surface area contributed by atoms with Crippen molar-refractivity contribution in [3.63, 3.8) is 0 Å². The summed E-state index contributed by atoms with van der Waals surface area (Å²) in [5.74, 6) is 1.36. The molecule has 1 fully saturated rings. The third-order valence-corrected chi connectivity index (χ3v) is 5.33. The monoisotopic (exact) mass is 301 g/mol. The second-order valence-electron chi connectivity index (χ2n) is 6.65. The van der Waals surface area contributed by atoms with Crippen LogP contribution < -0.4 is 4.74 Å². The molecule has 0 aromatic heterocycles. The predicted octanol–water partition coefficient (Wildman–Crippen LogP) is 3.17. The number of hydrogen-bond donors (Lipinski definition) is 0. The molecule has 1 aromatic carbocycles. The highest BCUT2D eigenvalue weighted by Gasteiger charge is 2.25. The summed E-state index contributed by atoms with van der Waals surface area (Å²) in [6.07, 6.45) is 7.67. The number of hydrogen-bond acceptors (Lipinski definition) is 3. The second kappa shape index (κ2) is 6.82. The molecule has 2 aliphatic rings. The maximum atomic E-state index is 12.7. The van der Waals surface area contributed by atoms with Crippen LogP contribution in [0.5, 0.6) is 5.75 Å². The zero-order valence-electron chi connectivity index (χ0n) is 13.9. The summed E-state index contributed by atoms with van der Waals surface area (Å²) in [5.41, 5.74) is 3.95. The highest BCUT2D eigenvalue weighted by molar-refractivity contribution is 5.86. The van der Waals surface area contributed by atoms with Gasteiger partial charge in [-0.2, -0.15) is 0 Å². The summed E-state index contributed by atoms with van der Waals surface area (Å²) >= 11 is 0. The van der Waals surface area contributed by atoms with E-state index in [-0.39, 0.29) is 6.04 Å². The standard InChI is InChI=1S/C19H27NO2/c1-14(20-11-5-6-12-20)18(21)13-15-9-10-19(22-2)17-8-4-3-7-16(15)17/h9-10,14H,3-8,11-13H2,1-2H3. The Morgan fingerprint density at radius 3 is 2.50 bits per heavy atom. The highest BCUT2D eigenvalue weighted by Crippen LogP contribution is 2.32. The van der Waals surface area contributed by atoms with Crippen molar-refractivity contribution in [2.24, 2.45) is 0 Å². The normalized spacial score (nSPS) is 19.7. The van der Waals surface area contributed by atoms with E-state index in [1.807, 2.05) is 6.07 Å². The Balaban J connectivity index is 1.78. The summed E-state index contributed by atoms with van der Waals surface area (Å²) in [7, 11) is 1.74. The van der Waals surface area contributed by atoms with Crippen LogP contribution in [0.2, 0.25) is 0 Å². The van der Waals surface area contributed by atoms with Gasteiger partial charge >= 0.3 is 0 Å². The maximum absolute atomic E-state index is 12.7. The second-order valence-corrected chi connectivity index (χ2v) is 6.65. The number of carbonyl (C=O) groups excluding carboxylic acids is 1. The number of ether oxygens (including phenoxy) is 1. The molecule has 3 nitrogen and oxygen atoms in total. The van der Waals surface area contributed by atoms with E-state index in [0.717, 1.165) is 31.7 Å². The van der Waals surface area contributed by atoms with Crippen LogP contribution in [-0.2, 0) is 24.1 Å². The van der Waals surface area contributed by atoms with E-state index in [1.54, 1.807) is 7.11 Å². The Bertz CT molecular complexity index is 547. The molecule has 0 saturated carbocycles. The van der Waals surface area contributed by atoms with Crippen LogP contribution in [0.3, 0.4) is 0 Å². The third-order valence-electron chi connectivity index (χ3n) is 5.33. The molecule has 0 N–H and O–H groups in total. The minimum absolute atomic E-state index is 0.0591. The fraction of sp³-hybridized carbons (Fsp3) is 0.632. The van der Waals surface area contributed by atoms with Crippen molar-refractivity contribution >= 4 is 5.78 Å². The molecule has 0 spiro atoms. The lowest BCUT2D eigenvalue weighted by Gasteiger charge is -2.25. The largest absolute Gasteiger partial charge is 0.496 e. The van der Waals surface area contributed by atoms with E-state index >= 15 is 0 Å². The van der Waals surface area contributed by atoms with Crippen molar-refractivity contribution in [1.82, 2.24) is 4.90 Å². The number of rotatable bonds is 5. The predicted molar refractivity (Wildman–Crippen MR) is 88.6 cm³/mol. The van der Waals surface area contributed by atoms with E-state index in [2.05, 4.69) is 17.9 Å². The topological polar surface area (TPSA) is 29.5 Å². The first-order chi connectivity index (χ1) is 10.7. The van der Waals surface area contributed by atoms with Crippen LogP contribution in [0.1, 0.15) is 49.3 Å². The van der Waals surface area contributed by atoms with Gasteiger partial charge in [-0.25, -0.2) is 0 Å². The zero-order valence-corrected chi connectivity index (χ0v) is 13.9. The lowest BCUT2D eigenvalue weighted by Crippen LogP contribution is -2.37. The van der Waals surface area contributed by atoms with Gasteiger partial charge < -0.3 is 4.74 Å². The Hall–Kier alpha value is -1.35. The molecule has 120 valence electrons. The van der Waals surface area contributed by atoms with Gasteiger partial charge in [-0.3, -0.25) is 9.69 Å². The molecule has 0 bridgehead atoms. The molecule has 1 aliphatic heterocycles. The molecular formula is C19H27NO2. The summed E-state index contributed by atoms with van der Waals surface area (Å²) in [5, 5.41) is 0. The quantitative estimate of drug-likeness (QED) is 0.836. The van der Waals surface area contributed by atoms with E-state index in [4.69, 9.17) is 4.74 Å². The number of fused-ring (bicyclic) bond motifs is 1. The third kappa shape index (κ3) is 3.05. The van der Waals surface area contributed by atoms with Crippen LogP contribution in [-0.4, -0.2) is 36.9 Å². The molecule has 0 radical (unpaired) electrons. The minimum Gasteiger partial charge on any atom is -0.496 e. The fourth-order valence-corrected chi connectivity index (χ4v) is 3.93. The Labute approximate surface area is 133 Å². The SMILES string of the molecule is COc1ccc(CC(=O)C(C)N2CCCC2)c2c1CCCC2. The zero-order chi connectivity index (χ0) is 15.5. The van der Waals surface area contributed by atoms with Crippen LogP contribution >= 0.6 is 0 Å². The molecular weight excluding hydrogens is 274 g/mol. The number of ketones is 1. The number of methoxy groups -OCH3 is 1. The van der Waals surface area contributed by atoms with Gasteiger partial charge in [0.15, 0.2) is 5.78 Å². The van der Waals surface area contributed by atoms with Crippen molar-refractivity contribution in [3.8, 4) is 5.75 Å². The Kier molecular flexibility index (Phi) is 4.82. The van der Waals surface area contributed by atoms with Crippen LogP contribution in [0.4, 0.5) is 0 Å². The molecule has 1 saturated heterocycles. The van der Waals surface area contributed by atoms with Crippen LogP contribution in [0, 0.1) is 0 Å². The van der Waals surface area contributed by atoms with Crippen molar-refractivity contribution < 1.29 is 9.53 Å². The van der Waals surface area contributed by atoms with Gasteiger partial charge in [0.2, 0.25) is 0 Å². The number of benzene rings is 1. The van der Waals surface area contributed by atoms with Crippen LogP contribution in [0.25, 0.3) is 0 Å². The van der Waals surface area contributed by atoms with E-state index < -0.39 is 0 Å². The lowest BCUT2D eigenvalue weighted by molar-refractivity contribution is -0.122. The van der Waals surface area contributed by atoms with E-state index in [0.29, 0.717) is 12.2 Å². The molecule has 1 heterocycles. The van der Waals surface area contributed by atoms with Crippen LogP contribution in [0.15, 0.2) is 12.1 Å². The van der Waals surface area contributed by atoms with Crippen molar-refractivity contribution in [3.05, 3.63) is 28.8 Å². The molecule has 0 amide bonds. The first kappa shape index (κ1) is 15.5. The molecule has 1 unspecified atom stereocenters. The van der Waals surface area contributed by atoms with Gasteiger partial charge in [0.05, 0.1) is 13.2 Å². The molecule has 3 heteroatoms. The molecule has 1 atom stereocenters. The first-order valence-electron chi connectivity index (χ1n) is 8.65. The van der Waals surface area contributed by atoms with Gasteiger partial charge in [0.1, 0.15) is 5.75 Å². The Morgan fingerprint density at radius 1 is 1.14 bits per heavy atom. The number of likely N-dealkylation sites (tertiary alicyclic amines) is 1. The summed E-state index contributed by atoms with van der Waals surface area (Å²) in [6, 6.07) is 4.22. The van der Waals surface area contributed by atoms with Crippen molar-refractivity contribution in [1.29, 1.82) is 0 Å². The molecule has 22 heavy (non-hydrogen) atoms. The van der Waals surface area contributed by atoms with Crippen molar-refractivity contribution in [2.75, 3.05) is 20.2 Å². The number of Topliss-reactive ketones (excluding diaryl/α,β-unsaturated/α-hetero) is 1. The van der Waals surface area contributed by atoms with Gasteiger partial charge in [0.25, 0.3) is 0 Å². The van der Waals surface area contributed by atoms with Gasteiger partial charge in [-0.1, -0.05) is 6.07 Å². The lowest BCUT2D eigenvalue weighted by atomic mass is 9.85. The first-order valence-corrected chi connectivity index (χ1v) is 8.65. The van der Waals surface area contributed by atoms with E-state index in [1.165, 1.54) is 42.4 Å². The average molecular weight is 301 g/mol. The van der Waals surface area contributed by atoms with E-state index in [9.17, 15) is 4.79 Å². The van der Waals surface area contributed by atoms with Gasteiger partial charge in [-0.05, 0) is 81.3 Å². The van der Waals surface area contributed by atoms with Gasteiger partial charge in [0, 0.05) is 6.42 Å². The summed E-state index contributed by atoms with van der Waals surface area (Å²) in [6.45, 7) is 4.23. The minimum atomic E-state index is 0.0591. The Morgan fingerprint density at radius 2 is 1.82 bits per heavy atom. The number of carbonyl (C=O) groups is 1. The van der Waals surface area contributed by atoms with Gasteiger partial charge in [-0.15, -0.1) is 0 Å². The fourth-order valence-electron chi connectivity index (χ4n) is 3.93. The molecule has 1 aliphatic carbocycles. The maximum Gasteiger partial charge on any atom is 0.154 e. The average Bonchev–Trinajstić information content (AvgIpc) is 3.09. The summed E-state index contributed by atoms with van der Waals surface area (Å²) in [4.78, 5) is 15.0. The molecule has 3 rings (SSSR count). The number of nitrogens with zero attached hydrogens (tertiary/aromatic N) is 1. The highest BCUT2D eigenvalue weighted by atomic mass is 16.5. The molecule has 1 aromatic rings. The smallest absolute Gasteiger partial charge is 0.154 e. The summed E-state index contributed by atoms with van der Waals surface area (Å²) < 4.78 is 5.51. The van der Waals surface area contributed by atoms with Crippen molar-refractivity contribution in [2.45, 2.75) is 57.9 Å².